The SMILES string of the molecule is COc1ccc(CCN2CCOC(CN)C2)cc1.Cl. The number of hydrogen-bond acceptors (Lipinski definition) is 4. The molecule has 1 fully saturated rings. The van der Waals surface area contributed by atoms with E-state index < -0.39 is 0 Å². The van der Waals surface area contributed by atoms with Crippen molar-refractivity contribution in [1.82, 2.24) is 4.90 Å². The quantitative estimate of drug-likeness (QED) is 0.887. The van der Waals surface area contributed by atoms with Gasteiger partial charge < -0.3 is 15.2 Å². The zero-order valence-corrected chi connectivity index (χ0v) is 12.2. The average molecular weight is 287 g/mol. The lowest BCUT2D eigenvalue weighted by Gasteiger charge is -2.32. The van der Waals surface area contributed by atoms with E-state index >= 15 is 0 Å². The van der Waals surface area contributed by atoms with Crippen molar-refractivity contribution in [1.29, 1.82) is 0 Å². The predicted octanol–water partition coefficient (Wildman–Crippen LogP) is 1.32. The first-order valence-corrected chi connectivity index (χ1v) is 6.49. The van der Waals surface area contributed by atoms with E-state index in [9.17, 15) is 0 Å². The molecule has 0 amide bonds. The second-order valence-corrected chi connectivity index (χ2v) is 4.63. The summed E-state index contributed by atoms with van der Waals surface area (Å²) < 4.78 is 10.7. The lowest BCUT2D eigenvalue weighted by Crippen LogP contribution is -2.46. The molecule has 1 unspecified atom stereocenters. The highest BCUT2D eigenvalue weighted by Crippen LogP contribution is 2.12. The summed E-state index contributed by atoms with van der Waals surface area (Å²) in [6, 6.07) is 8.27. The van der Waals surface area contributed by atoms with Crippen molar-refractivity contribution in [2.24, 2.45) is 5.73 Å². The van der Waals surface area contributed by atoms with E-state index in [0.29, 0.717) is 6.54 Å². The van der Waals surface area contributed by atoms with Gasteiger partial charge in [0, 0.05) is 26.2 Å². The molecule has 19 heavy (non-hydrogen) atoms. The molecule has 5 heteroatoms. The molecule has 2 rings (SSSR count). The molecule has 0 bridgehead atoms. The first kappa shape index (κ1) is 16.2. The fourth-order valence-electron chi connectivity index (χ4n) is 2.21. The van der Waals surface area contributed by atoms with Crippen molar-refractivity contribution in [2.45, 2.75) is 12.5 Å². The number of benzene rings is 1. The molecule has 0 radical (unpaired) electrons. The van der Waals surface area contributed by atoms with Crippen LogP contribution in [0.3, 0.4) is 0 Å². The molecule has 4 nitrogen and oxygen atoms in total. The number of methoxy groups -OCH3 is 1. The summed E-state index contributed by atoms with van der Waals surface area (Å²) >= 11 is 0. The molecule has 1 atom stereocenters. The molecular weight excluding hydrogens is 264 g/mol. The first-order valence-electron chi connectivity index (χ1n) is 6.49. The molecule has 0 saturated carbocycles. The number of halogens is 1. The Morgan fingerprint density at radius 2 is 2.11 bits per heavy atom. The van der Waals surface area contributed by atoms with Crippen molar-refractivity contribution < 1.29 is 9.47 Å². The molecule has 2 N–H and O–H groups in total. The van der Waals surface area contributed by atoms with Crippen LogP contribution in [0.4, 0.5) is 0 Å². The highest BCUT2D eigenvalue weighted by atomic mass is 35.5. The third-order valence-electron chi connectivity index (χ3n) is 3.36. The highest BCUT2D eigenvalue weighted by Gasteiger charge is 2.18. The normalized spacial score (nSPS) is 19.8. The van der Waals surface area contributed by atoms with E-state index in [1.165, 1.54) is 5.56 Å². The maximum atomic E-state index is 5.64. The summed E-state index contributed by atoms with van der Waals surface area (Å²) in [7, 11) is 1.69. The topological polar surface area (TPSA) is 47.7 Å². The van der Waals surface area contributed by atoms with Gasteiger partial charge in [-0.2, -0.15) is 0 Å². The van der Waals surface area contributed by atoms with Crippen LogP contribution in [0, 0.1) is 0 Å². The molecule has 1 saturated heterocycles. The summed E-state index contributed by atoms with van der Waals surface area (Å²) in [5, 5.41) is 0. The van der Waals surface area contributed by atoms with Gasteiger partial charge in [-0.25, -0.2) is 0 Å². The van der Waals surface area contributed by atoms with Crippen LogP contribution in [0.15, 0.2) is 24.3 Å². The Hall–Kier alpha value is -0.810. The van der Waals surface area contributed by atoms with Gasteiger partial charge in [0.05, 0.1) is 19.8 Å². The van der Waals surface area contributed by atoms with E-state index in [1.54, 1.807) is 7.11 Å². The Bertz CT molecular complexity index is 359. The van der Waals surface area contributed by atoms with Crippen LogP contribution in [0.1, 0.15) is 5.56 Å². The minimum absolute atomic E-state index is 0. The molecule has 108 valence electrons. The van der Waals surface area contributed by atoms with Gasteiger partial charge in [0.15, 0.2) is 0 Å². The Kier molecular flexibility index (Phi) is 7.16. The maximum absolute atomic E-state index is 5.64. The van der Waals surface area contributed by atoms with E-state index in [0.717, 1.165) is 38.4 Å². The molecule has 1 aromatic carbocycles. The Morgan fingerprint density at radius 1 is 1.37 bits per heavy atom. The molecule has 1 aromatic rings. The van der Waals surface area contributed by atoms with E-state index in [1.807, 2.05) is 12.1 Å². The van der Waals surface area contributed by atoms with Gasteiger partial charge in [-0.15, -0.1) is 12.4 Å². The van der Waals surface area contributed by atoms with Gasteiger partial charge in [-0.3, -0.25) is 4.90 Å². The molecule has 1 aliphatic rings. The highest BCUT2D eigenvalue weighted by molar-refractivity contribution is 5.85. The monoisotopic (exact) mass is 286 g/mol. The van der Waals surface area contributed by atoms with Crippen LogP contribution in [-0.2, 0) is 11.2 Å². The summed E-state index contributed by atoms with van der Waals surface area (Å²) in [4.78, 5) is 2.42. The molecule has 1 heterocycles. The van der Waals surface area contributed by atoms with Crippen molar-refractivity contribution in [2.75, 3.05) is 39.9 Å². The molecule has 0 aliphatic carbocycles. The Morgan fingerprint density at radius 3 is 2.74 bits per heavy atom. The zero-order chi connectivity index (χ0) is 12.8. The lowest BCUT2D eigenvalue weighted by atomic mass is 10.1. The Balaban J connectivity index is 0.00000180. The van der Waals surface area contributed by atoms with E-state index in [2.05, 4.69) is 17.0 Å². The van der Waals surface area contributed by atoms with Gasteiger partial charge >= 0.3 is 0 Å². The maximum Gasteiger partial charge on any atom is 0.118 e. The second-order valence-electron chi connectivity index (χ2n) is 4.63. The first-order chi connectivity index (χ1) is 8.81. The van der Waals surface area contributed by atoms with Gasteiger partial charge in [-0.1, -0.05) is 12.1 Å². The number of morpholine rings is 1. The lowest BCUT2D eigenvalue weighted by molar-refractivity contribution is -0.0226. The van der Waals surface area contributed by atoms with Crippen molar-refractivity contribution >= 4 is 12.4 Å². The molecule has 0 aromatic heterocycles. The Labute approximate surface area is 121 Å². The minimum Gasteiger partial charge on any atom is -0.497 e. The second kappa shape index (κ2) is 8.38. The van der Waals surface area contributed by atoms with Crippen LogP contribution in [0.25, 0.3) is 0 Å². The zero-order valence-electron chi connectivity index (χ0n) is 11.4. The van der Waals surface area contributed by atoms with Crippen LogP contribution < -0.4 is 10.5 Å². The van der Waals surface area contributed by atoms with Crippen molar-refractivity contribution in [3.8, 4) is 5.75 Å². The van der Waals surface area contributed by atoms with Crippen molar-refractivity contribution in [3.63, 3.8) is 0 Å². The predicted molar refractivity (Wildman–Crippen MR) is 79.2 cm³/mol. The van der Waals surface area contributed by atoms with E-state index in [4.69, 9.17) is 15.2 Å². The third-order valence-corrected chi connectivity index (χ3v) is 3.36. The number of nitrogens with zero attached hydrogens (tertiary/aromatic N) is 1. The number of ether oxygens (including phenoxy) is 2. The number of hydrogen-bond donors (Lipinski definition) is 1. The van der Waals surface area contributed by atoms with Crippen molar-refractivity contribution in [3.05, 3.63) is 29.8 Å². The summed E-state index contributed by atoms with van der Waals surface area (Å²) in [6.45, 7) is 4.43. The van der Waals surface area contributed by atoms with Gasteiger partial charge in [-0.05, 0) is 24.1 Å². The third kappa shape index (κ3) is 4.99. The average Bonchev–Trinajstić information content (AvgIpc) is 2.46. The summed E-state index contributed by atoms with van der Waals surface area (Å²) in [5.74, 6) is 0.910. The summed E-state index contributed by atoms with van der Waals surface area (Å²) in [5.41, 5.74) is 6.98. The molecule has 1 aliphatic heterocycles. The van der Waals surface area contributed by atoms with Gasteiger partial charge in [0.1, 0.15) is 5.75 Å². The summed E-state index contributed by atoms with van der Waals surface area (Å²) in [6.07, 6.45) is 1.26. The van der Waals surface area contributed by atoms with Crippen LogP contribution in [-0.4, -0.2) is 50.9 Å². The molecule has 0 spiro atoms. The fraction of sp³-hybridized carbons (Fsp3) is 0.571. The van der Waals surface area contributed by atoms with Crippen LogP contribution in [0.5, 0.6) is 5.75 Å². The minimum atomic E-state index is 0. The largest absolute Gasteiger partial charge is 0.497 e. The van der Waals surface area contributed by atoms with E-state index in [-0.39, 0.29) is 18.5 Å². The fourth-order valence-corrected chi connectivity index (χ4v) is 2.21. The van der Waals surface area contributed by atoms with Crippen LogP contribution in [0.2, 0.25) is 0 Å². The molecular formula is C14H23ClN2O2. The smallest absolute Gasteiger partial charge is 0.118 e. The number of nitrogens with two attached hydrogens (primary N) is 1. The van der Waals surface area contributed by atoms with Crippen LogP contribution >= 0.6 is 12.4 Å². The number of rotatable bonds is 5. The van der Waals surface area contributed by atoms with Gasteiger partial charge in [0.25, 0.3) is 0 Å². The van der Waals surface area contributed by atoms with Gasteiger partial charge in [0.2, 0.25) is 0 Å². The standard InChI is InChI=1S/C14H22N2O2.ClH/c1-17-13-4-2-12(3-5-13)6-7-16-8-9-18-14(10-15)11-16;/h2-5,14H,6-11,15H2,1H3;1H.